The van der Waals surface area contributed by atoms with Crippen molar-refractivity contribution in [2.75, 3.05) is 19.7 Å². The molecular formula is C14H30N2O2. The SMILES string of the molecule is CCCCN(CC)C(C)CC(C)(N)C(=O)OCC. The summed E-state index contributed by atoms with van der Waals surface area (Å²) in [6.45, 7) is 12.4. The Hall–Kier alpha value is -0.610. The smallest absolute Gasteiger partial charge is 0.325 e. The molecule has 2 unspecified atom stereocenters. The molecule has 2 N–H and O–H groups in total. The monoisotopic (exact) mass is 258 g/mol. The first-order valence-electron chi connectivity index (χ1n) is 7.09. The van der Waals surface area contributed by atoms with Crippen LogP contribution in [0.3, 0.4) is 0 Å². The average molecular weight is 258 g/mol. The number of unbranched alkanes of at least 4 members (excludes halogenated alkanes) is 1. The van der Waals surface area contributed by atoms with E-state index >= 15 is 0 Å². The highest BCUT2D eigenvalue weighted by molar-refractivity contribution is 5.80. The Kier molecular flexibility index (Phi) is 8.20. The molecule has 108 valence electrons. The zero-order chi connectivity index (χ0) is 14.2. The molecule has 0 aromatic rings. The molecular weight excluding hydrogens is 228 g/mol. The molecule has 0 amide bonds. The van der Waals surface area contributed by atoms with Crippen LogP contribution in [-0.4, -0.2) is 42.1 Å². The van der Waals surface area contributed by atoms with Crippen molar-refractivity contribution in [1.82, 2.24) is 4.90 Å². The molecule has 0 aromatic heterocycles. The molecule has 18 heavy (non-hydrogen) atoms. The molecule has 0 saturated carbocycles. The van der Waals surface area contributed by atoms with E-state index in [4.69, 9.17) is 10.5 Å². The summed E-state index contributed by atoms with van der Waals surface area (Å²) >= 11 is 0. The van der Waals surface area contributed by atoms with E-state index in [2.05, 4.69) is 25.7 Å². The van der Waals surface area contributed by atoms with Gasteiger partial charge in [-0.1, -0.05) is 20.3 Å². The second kappa shape index (κ2) is 8.48. The fourth-order valence-electron chi connectivity index (χ4n) is 2.17. The van der Waals surface area contributed by atoms with E-state index in [-0.39, 0.29) is 5.97 Å². The Balaban J connectivity index is 4.41. The van der Waals surface area contributed by atoms with Gasteiger partial charge in [0.2, 0.25) is 0 Å². The molecule has 4 heteroatoms. The van der Waals surface area contributed by atoms with Gasteiger partial charge in [0.25, 0.3) is 0 Å². The van der Waals surface area contributed by atoms with Crippen LogP contribution in [-0.2, 0) is 9.53 Å². The zero-order valence-corrected chi connectivity index (χ0v) is 12.7. The summed E-state index contributed by atoms with van der Waals surface area (Å²) in [7, 11) is 0. The van der Waals surface area contributed by atoms with Crippen LogP contribution in [0.5, 0.6) is 0 Å². The van der Waals surface area contributed by atoms with Crippen LogP contribution in [0.15, 0.2) is 0 Å². The van der Waals surface area contributed by atoms with Crippen molar-refractivity contribution >= 4 is 5.97 Å². The third-order valence-corrected chi connectivity index (χ3v) is 3.29. The number of ether oxygens (including phenoxy) is 1. The van der Waals surface area contributed by atoms with Gasteiger partial charge < -0.3 is 15.4 Å². The summed E-state index contributed by atoms with van der Waals surface area (Å²) in [5, 5.41) is 0. The molecule has 0 aromatic carbocycles. The van der Waals surface area contributed by atoms with Crippen molar-refractivity contribution < 1.29 is 9.53 Å². The standard InChI is InChI=1S/C14H30N2O2/c1-6-9-10-16(7-2)12(4)11-14(5,15)13(17)18-8-3/h12H,6-11,15H2,1-5H3. The maximum atomic E-state index is 11.8. The van der Waals surface area contributed by atoms with Crippen LogP contribution in [0.2, 0.25) is 0 Å². The lowest BCUT2D eigenvalue weighted by Gasteiger charge is -2.33. The largest absolute Gasteiger partial charge is 0.465 e. The number of nitrogens with two attached hydrogens (primary N) is 1. The van der Waals surface area contributed by atoms with Crippen LogP contribution >= 0.6 is 0 Å². The first kappa shape index (κ1) is 17.4. The van der Waals surface area contributed by atoms with Crippen molar-refractivity contribution in [3.05, 3.63) is 0 Å². The molecule has 4 nitrogen and oxygen atoms in total. The molecule has 0 radical (unpaired) electrons. The van der Waals surface area contributed by atoms with Gasteiger partial charge in [0.1, 0.15) is 5.54 Å². The predicted octanol–water partition coefficient (Wildman–Crippen LogP) is 2.17. The van der Waals surface area contributed by atoms with Crippen LogP contribution < -0.4 is 5.73 Å². The van der Waals surface area contributed by atoms with E-state index in [0.717, 1.165) is 13.1 Å². The molecule has 0 bridgehead atoms. The summed E-state index contributed by atoms with van der Waals surface area (Å²) in [6.07, 6.45) is 2.99. The number of nitrogens with zero attached hydrogens (tertiary/aromatic N) is 1. The highest BCUT2D eigenvalue weighted by atomic mass is 16.5. The molecule has 0 aliphatic heterocycles. The Labute approximate surface area is 112 Å². The van der Waals surface area contributed by atoms with Gasteiger partial charge in [0, 0.05) is 6.04 Å². The highest BCUT2D eigenvalue weighted by Crippen LogP contribution is 2.16. The van der Waals surface area contributed by atoms with Crippen LogP contribution in [0.4, 0.5) is 0 Å². The van der Waals surface area contributed by atoms with Gasteiger partial charge in [-0.05, 0) is 46.7 Å². The van der Waals surface area contributed by atoms with Crippen molar-refractivity contribution in [2.24, 2.45) is 5.73 Å². The second-order valence-corrected chi connectivity index (χ2v) is 5.17. The predicted molar refractivity (Wildman–Crippen MR) is 75.5 cm³/mol. The van der Waals surface area contributed by atoms with Gasteiger partial charge in [0.05, 0.1) is 6.61 Å². The van der Waals surface area contributed by atoms with Gasteiger partial charge >= 0.3 is 5.97 Å². The number of hydrogen-bond acceptors (Lipinski definition) is 4. The maximum absolute atomic E-state index is 11.8. The number of hydrogen-bond donors (Lipinski definition) is 1. The number of carbonyl (C=O) groups excluding carboxylic acids is 1. The number of carbonyl (C=O) groups is 1. The minimum Gasteiger partial charge on any atom is -0.465 e. The van der Waals surface area contributed by atoms with Gasteiger partial charge in [-0.15, -0.1) is 0 Å². The van der Waals surface area contributed by atoms with Crippen molar-refractivity contribution in [2.45, 2.75) is 65.5 Å². The third-order valence-electron chi connectivity index (χ3n) is 3.29. The van der Waals surface area contributed by atoms with E-state index in [0.29, 0.717) is 19.1 Å². The van der Waals surface area contributed by atoms with Crippen LogP contribution in [0.1, 0.15) is 53.9 Å². The zero-order valence-electron chi connectivity index (χ0n) is 12.7. The molecule has 0 aliphatic rings. The van der Waals surface area contributed by atoms with Gasteiger partial charge in [0.15, 0.2) is 0 Å². The normalized spacial score (nSPS) is 16.4. The van der Waals surface area contributed by atoms with Crippen molar-refractivity contribution in [1.29, 1.82) is 0 Å². The molecule has 0 rings (SSSR count). The van der Waals surface area contributed by atoms with E-state index in [1.54, 1.807) is 13.8 Å². The fraction of sp³-hybridized carbons (Fsp3) is 0.929. The molecule has 0 heterocycles. The lowest BCUT2D eigenvalue weighted by atomic mass is 9.94. The summed E-state index contributed by atoms with van der Waals surface area (Å²) in [4.78, 5) is 14.1. The molecule has 2 atom stereocenters. The second-order valence-electron chi connectivity index (χ2n) is 5.17. The minimum atomic E-state index is -0.894. The Morgan fingerprint density at radius 2 is 2.00 bits per heavy atom. The van der Waals surface area contributed by atoms with Crippen LogP contribution in [0.25, 0.3) is 0 Å². The molecule has 0 spiro atoms. The van der Waals surface area contributed by atoms with E-state index in [1.165, 1.54) is 12.8 Å². The van der Waals surface area contributed by atoms with Gasteiger partial charge in [-0.2, -0.15) is 0 Å². The summed E-state index contributed by atoms with van der Waals surface area (Å²) in [5.74, 6) is -0.302. The van der Waals surface area contributed by atoms with Gasteiger partial charge in [-0.3, -0.25) is 4.79 Å². The molecule has 0 fully saturated rings. The summed E-state index contributed by atoms with van der Waals surface area (Å²) in [6, 6.07) is 0.293. The number of esters is 1. The maximum Gasteiger partial charge on any atom is 0.325 e. The highest BCUT2D eigenvalue weighted by Gasteiger charge is 2.33. The summed E-state index contributed by atoms with van der Waals surface area (Å²) in [5.41, 5.74) is 5.17. The minimum absolute atomic E-state index is 0.293. The number of rotatable bonds is 9. The van der Waals surface area contributed by atoms with E-state index < -0.39 is 5.54 Å². The Morgan fingerprint density at radius 3 is 2.44 bits per heavy atom. The van der Waals surface area contributed by atoms with Gasteiger partial charge in [-0.25, -0.2) is 0 Å². The van der Waals surface area contributed by atoms with E-state index in [1.807, 2.05) is 0 Å². The van der Waals surface area contributed by atoms with Crippen molar-refractivity contribution in [3.8, 4) is 0 Å². The average Bonchev–Trinajstić information content (AvgIpc) is 2.29. The van der Waals surface area contributed by atoms with Crippen molar-refractivity contribution in [3.63, 3.8) is 0 Å². The Bertz CT molecular complexity index is 242. The first-order valence-corrected chi connectivity index (χ1v) is 7.09. The molecule has 0 aliphatic carbocycles. The van der Waals surface area contributed by atoms with E-state index in [9.17, 15) is 4.79 Å². The molecule has 0 saturated heterocycles. The quantitative estimate of drug-likeness (QED) is 0.644. The third kappa shape index (κ3) is 5.83. The lowest BCUT2D eigenvalue weighted by Crippen LogP contribution is -2.51. The first-order chi connectivity index (χ1) is 8.38. The fourth-order valence-corrected chi connectivity index (χ4v) is 2.17. The Morgan fingerprint density at radius 1 is 1.39 bits per heavy atom. The topological polar surface area (TPSA) is 55.6 Å². The lowest BCUT2D eigenvalue weighted by molar-refractivity contribution is -0.149. The van der Waals surface area contributed by atoms with Crippen LogP contribution in [0, 0.1) is 0 Å². The summed E-state index contributed by atoms with van der Waals surface area (Å²) < 4.78 is 5.02.